The van der Waals surface area contributed by atoms with E-state index in [1.807, 2.05) is 72.9 Å². The first-order valence-corrected chi connectivity index (χ1v) is 22.1. The maximum Gasteiger partial charge on any atom is 0.268 e. The minimum absolute atomic E-state index is 0. The summed E-state index contributed by atoms with van der Waals surface area (Å²) < 4.78 is 99.5. The van der Waals surface area contributed by atoms with Gasteiger partial charge in [-0.1, -0.05) is 186 Å². The fraction of sp³-hybridized carbons (Fsp3) is 0.129. The Balaban J connectivity index is 0.00000688. The molecule has 3 heterocycles. The van der Waals surface area contributed by atoms with Gasteiger partial charge in [0, 0.05) is 49.8 Å². The van der Waals surface area contributed by atoms with Gasteiger partial charge in [-0.05, 0) is 79.0 Å². The molecule has 0 N–H and O–H groups in total. The van der Waals surface area contributed by atoms with Crippen LogP contribution >= 0.6 is 0 Å². The van der Waals surface area contributed by atoms with Crippen LogP contribution in [-0.4, -0.2) is 14.1 Å². The average molecular weight is 1070 g/mol. The summed E-state index contributed by atoms with van der Waals surface area (Å²) in [5.41, 5.74) is 7.81. The molecule has 0 amide bonds. The molecule has 0 saturated heterocycles. The maximum atomic E-state index is 9.05. The van der Waals surface area contributed by atoms with Crippen molar-refractivity contribution >= 4 is 32.8 Å². The van der Waals surface area contributed by atoms with Crippen LogP contribution in [0.15, 0.2) is 194 Å². The molecule has 8 aromatic carbocycles. The Morgan fingerprint density at radius 2 is 1.16 bits per heavy atom. The summed E-state index contributed by atoms with van der Waals surface area (Å²) in [5, 5.41) is 1.99. The van der Waals surface area contributed by atoms with Gasteiger partial charge in [0.2, 0.25) is 0 Å². The first kappa shape index (κ1) is 34.0. The van der Waals surface area contributed by atoms with Gasteiger partial charge in [-0.3, -0.25) is 4.57 Å². The van der Waals surface area contributed by atoms with Crippen molar-refractivity contribution in [2.45, 2.75) is 52.4 Å². The van der Waals surface area contributed by atoms with Crippen LogP contribution in [0.25, 0.3) is 83.4 Å². The molecule has 336 valence electrons. The fourth-order valence-corrected chi connectivity index (χ4v) is 8.71. The van der Waals surface area contributed by atoms with Crippen LogP contribution in [0.3, 0.4) is 0 Å². The Morgan fingerprint density at radius 3 is 1.84 bits per heavy atom. The van der Waals surface area contributed by atoms with Crippen molar-refractivity contribution in [3.8, 4) is 62.1 Å². The number of imidazole rings is 1. The van der Waals surface area contributed by atoms with E-state index in [2.05, 4.69) is 101 Å². The zero-order chi connectivity index (χ0) is 54.6. The number of para-hydroxylation sites is 4. The quantitative estimate of drug-likeness (QED) is 0.112. The number of rotatable bonds is 8. The number of pyridine rings is 1. The largest absolute Gasteiger partial charge is 0.510 e. The molecule has 0 aliphatic carbocycles. The number of hydrogen-bond donors (Lipinski definition) is 0. The van der Waals surface area contributed by atoms with Gasteiger partial charge in [-0.2, -0.15) is 18.2 Å². The van der Waals surface area contributed by atoms with E-state index in [-0.39, 0.29) is 59.8 Å². The maximum absolute atomic E-state index is 9.05. The van der Waals surface area contributed by atoms with Crippen LogP contribution in [-0.2, 0) is 31.9 Å². The van der Waals surface area contributed by atoms with E-state index in [1.165, 1.54) is 11.1 Å². The molecule has 0 atom stereocenters. The normalized spacial score (nSPS) is 13.9. The van der Waals surface area contributed by atoms with E-state index >= 15 is 0 Å². The SMILES string of the molecule is [2H]c1c([2H])c([2H])c(-c2cccc(-c3c([2H])c([2H])c([2H])c([2H])c3[2H])c2-[n+]2[c-]n(-c3[c-]c(Oc4[c-]c5c(cc4)c4ccccc4n5-c4ncccc4-c4cc(C(C)(C)C)cc(C(C)(C)C)c4)ccc3)c3ccccc32)c([2H])c1[2H].[Pt]. The van der Waals surface area contributed by atoms with Crippen LogP contribution in [0.1, 0.15) is 66.4 Å². The summed E-state index contributed by atoms with van der Waals surface area (Å²) in [5.74, 6) is 1.52. The number of ether oxygens (including phenoxy) is 1. The molecular formula is C62H50N4OPt-2. The molecule has 68 heavy (non-hydrogen) atoms. The number of hydrogen-bond acceptors (Lipinski definition) is 2. The molecule has 0 bridgehead atoms. The topological polar surface area (TPSA) is 35.9 Å². The molecule has 0 radical (unpaired) electrons. The van der Waals surface area contributed by atoms with Gasteiger partial charge >= 0.3 is 0 Å². The van der Waals surface area contributed by atoms with Gasteiger partial charge < -0.3 is 13.9 Å². The molecule has 0 fully saturated rings. The van der Waals surface area contributed by atoms with Crippen molar-refractivity contribution in [3.63, 3.8) is 0 Å². The van der Waals surface area contributed by atoms with Crippen molar-refractivity contribution < 1.29 is 44.1 Å². The Hall–Kier alpha value is -7.33. The van der Waals surface area contributed by atoms with E-state index in [4.69, 9.17) is 23.4 Å². The summed E-state index contributed by atoms with van der Waals surface area (Å²) in [6.45, 7) is 13.4. The van der Waals surface area contributed by atoms with Crippen LogP contribution in [0.2, 0.25) is 0 Å². The molecule has 0 aliphatic rings. The van der Waals surface area contributed by atoms with Crippen LogP contribution in [0.5, 0.6) is 11.5 Å². The molecule has 11 rings (SSSR count). The fourth-order valence-electron chi connectivity index (χ4n) is 8.71. The van der Waals surface area contributed by atoms with E-state index in [9.17, 15) is 0 Å². The second-order valence-electron chi connectivity index (χ2n) is 18.6. The number of aromatic nitrogens is 4. The monoisotopic (exact) mass is 1070 g/mol. The zero-order valence-corrected chi connectivity index (χ0v) is 40.5. The third-order valence-corrected chi connectivity index (χ3v) is 12.1. The number of fused-ring (bicyclic) bond motifs is 4. The predicted molar refractivity (Wildman–Crippen MR) is 274 cm³/mol. The third-order valence-electron chi connectivity index (χ3n) is 12.1. The predicted octanol–water partition coefficient (Wildman–Crippen LogP) is 15.2. The summed E-state index contributed by atoms with van der Waals surface area (Å²) in [7, 11) is 0. The van der Waals surface area contributed by atoms with Crippen molar-refractivity contribution in [2.24, 2.45) is 0 Å². The smallest absolute Gasteiger partial charge is 0.268 e. The molecular weight excluding hydrogens is 1010 g/mol. The second-order valence-corrected chi connectivity index (χ2v) is 18.6. The minimum atomic E-state index is -0.574. The Morgan fingerprint density at radius 1 is 0.559 bits per heavy atom. The third kappa shape index (κ3) is 8.16. The van der Waals surface area contributed by atoms with Crippen molar-refractivity contribution in [1.82, 2.24) is 14.1 Å². The van der Waals surface area contributed by atoms with Crippen LogP contribution < -0.4 is 9.30 Å². The zero-order valence-electron chi connectivity index (χ0n) is 48.2. The van der Waals surface area contributed by atoms with E-state index in [1.54, 1.807) is 33.4 Å². The molecule has 0 unspecified atom stereocenters. The van der Waals surface area contributed by atoms with E-state index in [0.717, 1.165) is 38.8 Å². The van der Waals surface area contributed by atoms with Crippen molar-refractivity contribution in [2.75, 3.05) is 0 Å². The Labute approximate surface area is 427 Å². The molecule has 6 heteroatoms. The first-order chi connectivity index (χ1) is 36.6. The van der Waals surface area contributed by atoms with Gasteiger partial charge in [0.25, 0.3) is 6.33 Å². The molecule has 11 aromatic rings. The molecule has 0 aliphatic heterocycles. The Bertz CT molecular complexity index is 4070. The summed E-state index contributed by atoms with van der Waals surface area (Å²) in [6.07, 6.45) is 5.24. The minimum Gasteiger partial charge on any atom is -0.510 e. The van der Waals surface area contributed by atoms with Gasteiger partial charge in [0.05, 0.1) is 30.4 Å². The average Bonchev–Trinajstić information content (AvgIpc) is 4.14. The molecule has 5 nitrogen and oxygen atoms in total. The summed E-state index contributed by atoms with van der Waals surface area (Å²) in [4.78, 5) is 5.08. The van der Waals surface area contributed by atoms with Gasteiger partial charge in [0.1, 0.15) is 5.82 Å². The van der Waals surface area contributed by atoms with Crippen molar-refractivity contribution in [1.29, 1.82) is 0 Å². The molecule has 3 aromatic heterocycles. The summed E-state index contributed by atoms with van der Waals surface area (Å²) >= 11 is 0. The van der Waals surface area contributed by atoms with E-state index in [0.29, 0.717) is 28.2 Å². The van der Waals surface area contributed by atoms with Crippen LogP contribution in [0.4, 0.5) is 0 Å². The summed E-state index contributed by atoms with van der Waals surface area (Å²) in [6, 6.07) is 42.3. The van der Waals surface area contributed by atoms with Gasteiger partial charge in [-0.15, -0.1) is 29.7 Å². The first-order valence-electron chi connectivity index (χ1n) is 27.1. The van der Waals surface area contributed by atoms with Gasteiger partial charge in [-0.25, -0.2) is 4.98 Å². The number of benzene rings is 8. The van der Waals surface area contributed by atoms with E-state index < -0.39 is 60.4 Å². The molecule has 0 saturated carbocycles. The van der Waals surface area contributed by atoms with Gasteiger partial charge in [0.15, 0.2) is 0 Å². The number of nitrogens with zero attached hydrogens (tertiary/aromatic N) is 4. The van der Waals surface area contributed by atoms with Crippen molar-refractivity contribution in [3.05, 3.63) is 224 Å². The second kappa shape index (κ2) is 17.7. The molecule has 0 spiro atoms. The Kier molecular flexibility index (Phi) is 8.87. The van der Waals surface area contributed by atoms with Crippen LogP contribution in [0, 0.1) is 18.5 Å². The standard InChI is InChI=1S/C62H50N4O.Pt/c1-61(2,3)45-36-44(37-46(38-45)62(4,5)6)52-29-19-35-63-60(52)66-55-30-14-13-26-53(55)54-34-33-49(40-58(54)66)67-48-25-17-24-47(39-48)64-41-65(57-32-16-15-31-56(57)64)59-50(42-20-9-7-10-21-42)27-18-28-51(59)43-22-11-8-12-23-43;/h7-38H,1-6H3;/q-2;/i7D,8D,9D,10D,11D,12D,20D,21D,22D,23D;.